The van der Waals surface area contributed by atoms with Gasteiger partial charge in [0.15, 0.2) is 0 Å². The van der Waals surface area contributed by atoms with Crippen molar-refractivity contribution < 1.29 is 14.7 Å². The zero-order valence-electron chi connectivity index (χ0n) is 11.6. The monoisotopic (exact) mass is 343 g/mol. The molecule has 1 aromatic rings. The molecule has 1 unspecified atom stereocenters. The smallest absolute Gasteiger partial charge is 0.308 e. The number of carbonyl (C=O) groups excluding carboxylic acids is 1. The third kappa shape index (κ3) is 2.87. The molecule has 0 aliphatic carbocycles. The summed E-state index contributed by atoms with van der Waals surface area (Å²) in [6, 6.07) is 0. The second-order valence-electron chi connectivity index (χ2n) is 5.01. The van der Waals surface area contributed by atoms with Crippen LogP contribution in [-0.4, -0.2) is 38.2 Å². The number of halogens is 1. The number of amides is 1. The maximum absolute atomic E-state index is 12.0. The highest BCUT2D eigenvalue weighted by Gasteiger charge is 2.31. The van der Waals surface area contributed by atoms with Crippen molar-refractivity contribution >= 4 is 27.8 Å². The summed E-state index contributed by atoms with van der Waals surface area (Å²) in [6.45, 7) is 5.27. The zero-order valence-corrected chi connectivity index (χ0v) is 13.2. The summed E-state index contributed by atoms with van der Waals surface area (Å²) in [5.74, 6) is -1.29. The van der Waals surface area contributed by atoms with Gasteiger partial charge >= 0.3 is 5.97 Å². The number of nitrogens with zero attached hydrogens (tertiary/aromatic N) is 3. The number of hydrogen-bond acceptors (Lipinski definition) is 3. The van der Waals surface area contributed by atoms with Crippen LogP contribution in [0, 0.1) is 12.8 Å². The Morgan fingerprint density at radius 2 is 2.25 bits per heavy atom. The van der Waals surface area contributed by atoms with Gasteiger partial charge < -0.3 is 10.0 Å². The van der Waals surface area contributed by atoms with E-state index in [4.69, 9.17) is 5.11 Å². The van der Waals surface area contributed by atoms with Gasteiger partial charge in [-0.3, -0.25) is 14.3 Å². The summed E-state index contributed by atoms with van der Waals surface area (Å²) in [6.07, 6.45) is 0.728. The van der Waals surface area contributed by atoms with E-state index in [2.05, 4.69) is 21.0 Å². The lowest BCUT2D eigenvalue weighted by Gasteiger charge is -2.30. The second kappa shape index (κ2) is 5.95. The molecule has 1 aliphatic heterocycles. The van der Waals surface area contributed by atoms with Crippen LogP contribution in [-0.2, 0) is 22.7 Å². The molecule has 0 radical (unpaired) electrons. The molecule has 1 saturated heterocycles. The molecule has 0 saturated carbocycles. The van der Waals surface area contributed by atoms with Gasteiger partial charge in [-0.1, -0.05) is 0 Å². The molecule has 1 aliphatic rings. The Kier molecular flexibility index (Phi) is 4.47. The van der Waals surface area contributed by atoms with Crippen molar-refractivity contribution in [3.8, 4) is 0 Å². The van der Waals surface area contributed by atoms with Gasteiger partial charge in [0.1, 0.15) is 0 Å². The first-order valence-corrected chi connectivity index (χ1v) is 7.45. The van der Waals surface area contributed by atoms with Gasteiger partial charge in [0.05, 0.1) is 28.3 Å². The Bertz CT molecular complexity index is 541. The van der Waals surface area contributed by atoms with E-state index in [-0.39, 0.29) is 12.5 Å². The van der Waals surface area contributed by atoms with Crippen molar-refractivity contribution in [3.05, 3.63) is 15.9 Å². The van der Waals surface area contributed by atoms with E-state index in [1.165, 1.54) is 0 Å². The zero-order chi connectivity index (χ0) is 14.9. The van der Waals surface area contributed by atoms with Crippen LogP contribution in [0.2, 0.25) is 0 Å². The van der Waals surface area contributed by atoms with Crippen LogP contribution in [0.1, 0.15) is 31.2 Å². The normalized spacial score (nSPS) is 19.4. The Hall–Kier alpha value is -1.37. The van der Waals surface area contributed by atoms with Crippen LogP contribution in [0.3, 0.4) is 0 Å². The van der Waals surface area contributed by atoms with E-state index < -0.39 is 11.9 Å². The fourth-order valence-corrected chi connectivity index (χ4v) is 2.88. The first-order valence-electron chi connectivity index (χ1n) is 6.66. The van der Waals surface area contributed by atoms with Crippen LogP contribution in [0.5, 0.6) is 0 Å². The van der Waals surface area contributed by atoms with E-state index in [1.807, 2.05) is 18.5 Å². The predicted octanol–water partition coefficient (Wildman–Crippen LogP) is 1.80. The standard InChI is InChI=1S/C13H18BrN3O3/c1-3-17-10(12(14)8(2)15-17)7-16-6-9(13(19)20)4-5-11(16)18/h9H,3-7H2,1-2H3,(H,19,20). The molecule has 1 aromatic heterocycles. The molecular formula is C13H18BrN3O3. The molecule has 1 amide bonds. The highest BCUT2D eigenvalue weighted by molar-refractivity contribution is 9.10. The number of rotatable bonds is 4. The van der Waals surface area contributed by atoms with Gasteiger partial charge in [-0.05, 0) is 36.2 Å². The molecule has 1 atom stereocenters. The van der Waals surface area contributed by atoms with E-state index >= 15 is 0 Å². The van der Waals surface area contributed by atoms with Crippen LogP contribution in [0.15, 0.2) is 4.47 Å². The summed E-state index contributed by atoms with van der Waals surface area (Å²) < 4.78 is 2.74. The van der Waals surface area contributed by atoms with E-state index in [9.17, 15) is 9.59 Å². The van der Waals surface area contributed by atoms with Gasteiger partial charge in [0, 0.05) is 19.5 Å². The molecule has 2 heterocycles. The summed E-state index contributed by atoms with van der Waals surface area (Å²) in [5, 5.41) is 13.5. The molecule has 0 aromatic carbocycles. The largest absolute Gasteiger partial charge is 0.481 e. The molecule has 0 spiro atoms. The Balaban J connectivity index is 2.19. The van der Waals surface area contributed by atoms with Crippen LogP contribution in [0.4, 0.5) is 0 Å². The Labute approximate surface area is 125 Å². The van der Waals surface area contributed by atoms with Crippen molar-refractivity contribution in [2.24, 2.45) is 5.92 Å². The van der Waals surface area contributed by atoms with Crippen molar-refractivity contribution in [2.75, 3.05) is 6.54 Å². The number of likely N-dealkylation sites (tertiary alicyclic amines) is 1. The third-order valence-corrected chi connectivity index (χ3v) is 4.67. The fourth-order valence-electron chi connectivity index (χ4n) is 2.47. The lowest BCUT2D eigenvalue weighted by atomic mass is 9.97. The number of aliphatic carboxylic acids is 1. The molecule has 7 heteroatoms. The molecular weight excluding hydrogens is 326 g/mol. The van der Waals surface area contributed by atoms with Crippen molar-refractivity contribution in [1.29, 1.82) is 0 Å². The molecule has 20 heavy (non-hydrogen) atoms. The van der Waals surface area contributed by atoms with Gasteiger partial charge in [-0.2, -0.15) is 5.10 Å². The lowest BCUT2D eigenvalue weighted by molar-refractivity contribution is -0.147. The van der Waals surface area contributed by atoms with Crippen molar-refractivity contribution in [3.63, 3.8) is 0 Å². The molecule has 1 fully saturated rings. The third-order valence-electron chi connectivity index (χ3n) is 3.64. The summed E-state index contributed by atoms with van der Waals surface area (Å²) in [5.41, 5.74) is 1.80. The number of piperidine rings is 1. The predicted molar refractivity (Wildman–Crippen MR) is 76.1 cm³/mol. The number of carboxylic acid groups (broad SMARTS) is 1. The Morgan fingerprint density at radius 3 is 2.85 bits per heavy atom. The Morgan fingerprint density at radius 1 is 1.55 bits per heavy atom. The fraction of sp³-hybridized carbons (Fsp3) is 0.615. The van der Waals surface area contributed by atoms with Gasteiger partial charge in [-0.15, -0.1) is 0 Å². The number of aromatic nitrogens is 2. The van der Waals surface area contributed by atoms with Crippen molar-refractivity contribution in [2.45, 2.75) is 39.8 Å². The first-order chi connectivity index (χ1) is 9.43. The molecule has 1 N–H and O–H groups in total. The van der Waals surface area contributed by atoms with Crippen LogP contribution >= 0.6 is 15.9 Å². The average Bonchev–Trinajstić information content (AvgIpc) is 2.68. The minimum atomic E-state index is -0.832. The van der Waals surface area contributed by atoms with E-state index in [0.29, 0.717) is 25.9 Å². The van der Waals surface area contributed by atoms with Crippen molar-refractivity contribution in [1.82, 2.24) is 14.7 Å². The molecule has 6 nitrogen and oxygen atoms in total. The van der Waals surface area contributed by atoms with Gasteiger partial charge in [0.2, 0.25) is 5.91 Å². The lowest BCUT2D eigenvalue weighted by Crippen LogP contribution is -2.42. The minimum Gasteiger partial charge on any atom is -0.481 e. The summed E-state index contributed by atoms with van der Waals surface area (Å²) in [4.78, 5) is 24.7. The molecule has 110 valence electrons. The van der Waals surface area contributed by atoms with E-state index in [0.717, 1.165) is 15.9 Å². The minimum absolute atomic E-state index is 0.0101. The number of carbonyl (C=O) groups is 2. The maximum Gasteiger partial charge on any atom is 0.308 e. The maximum atomic E-state index is 12.0. The number of carboxylic acids is 1. The molecule has 0 bridgehead atoms. The topological polar surface area (TPSA) is 75.4 Å². The number of aryl methyl sites for hydroxylation is 2. The highest BCUT2D eigenvalue weighted by Crippen LogP contribution is 2.25. The van der Waals surface area contributed by atoms with Gasteiger partial charge in [-0.25, -0.2) is 0 Å². The SMILES string of the molecule is CCn1nc(C)c(Br)c1CN1CC(C(=O)O)CCC1=O. The van der Waals surface area contributed by atoms with Crippen LogP contribution < -0.4 is 0 Å². The molecule has 2 rings (SSSR count). The quantitative estimate of drug-likeness (QED) is 0.904. The van der Waals surface area contributed by atoms with Crippen LogP contribution in [0.25, 0.3) is 0 Å². The van der Waals surface area contributed by atoms with E-state index in [1.54, 1.807) is 4.90 Å². The first kappa shape index (κ1) is 15.0. The number of hydrogen-bond donors (Lipinski definition) is 1. The highest BCUT2D eigenvalue weighted by atomic mass is 79.9. The average molecular weight is 344 g/mol. The second-order valence-corrected chi connectivity index (χ2v) is 5.80. The van der Waals surface area contributed by atoms with Gasteiger partial charge in [0.25, 0.3) is 0 Å². The summed E-state index contributed by atoms with van der Waals surface area (Å²) in [7, 11) is 0. The summed E-state index contributed by atoms with van der Waals surface area (Å²) >= 11 is 3.50.